The van der Waals surface area contributed by atoms with Gasteiger partial charge < -0.3 is 20.9 Å². The van der Waals surface area contributed by atoms with Crippen LogP contribution < -0.4 is 16.2 Å². The summed E-state index contributed by atoms with van der Waals surface area (Å²) < 4.78 is 33.0. The fraction of sp³-hybridized carbons (Fsp3) is 0.300. The number of esters is 1. The fourth-order valence-corrected chi connectivity index (χ4v) is 1.30. The maximum Gasteiger partial charge on any atom is 0.387 e. The monoisotopic (exact) mass is 246 g/mol. The van der Waals surface area contributed by atoms with Crippen molar-refractivity contribution in [3.8, 4) is 5.75 Å². The average Bonchev–Trinajstić information content (AvgIpc) is 2.21. The summed E-state index contributed by atoms with van der Waals surface area (Å²) in [5.74, 6) is -0.830. The van der Waals surface area contributed by atoms with E-state index in [0.717, 1.165) is 0 Å². The molecule has 0 radical (unpaired) electrons. The normalized spacial score (nSPS) is 10.4. The van der Waals surface area contributed by atoms with Gasteiger partial charge in [-0.25, -0.2) is 0 Å². The van der Waals surface area contributed by atoms with Crippen LogP contribution in [0.3, 0.4) is 0 Å². The van der Waals surface area contributed by atoms with E-state index < -0.39 is 12.6 Å². The molecule has 17 heavy (non-hydrogen) atoms. The number of rotatable bonds is 4. The van der Waals surface area contributed by atoms with Gasteiger partial charge in [-0.1, -0.05) is 0 Å². The second-order valence-corrected chi connectivity index (χ2v) is 3.22. The maximum atomic E-state index is 12.2. The van der Waals surface area contributed by atoms with Gasteiger partial charge in [-0.15, -0.1) is 0 Å². The van der Waals surface area contributed by atoms with Gasteiger partial charge in [-0.3, -0.25) is 4.79 Å². The van der Waals surface area contributed by atoms with E-state index in [4.69, 9.17) is 11.5 Å². The van der Waals surface area contributed by atoms with Crippen LogP contribution in [0.2, 0.25) is 0 Å². The van der Waals surface area contributed by atoms with Crippen LogP contribution in [0.1, 0.15) is 5.56 Å². The van der Waals surface area contributed by atoms with Crippen molar-refractivity contribution < 1.29 is 23.0 Å². The number of benzene rings is 1. The second kappa shape index (κ2) is 5.33. The number of ether oxygens (including phenoxy) is 2. The molecule has 0 saturated heterocycles. The zero-order chi connectivity index (χ0) is 13.0. The first kappa shape index (κ1) is 13.0. The lowest BCUT2D eigenvalue weighted by Gasteiger charge is -2.13. The van der Waals surface area contributed by atoms with Gasteiger partial charge >= 0.3 is 12.6 Å². The van der Waals surface area contributed by atoms with Crippen molar-refractivity contribution in [2.45, 2.75) is 13.0 Å². The molecule has 0 aliphatic heterocycles. The van der Waals surface area contributed by atoms with E-state index in [9.17, 15) is 13.6 Å². The molecule has 0 aromatic heterocycles. The van der Waals surface area contributed by atoms with Gasteiger partial charge in [0, 0.05) is 23.0 Å². The van der Waals surface area contributed by atoms with Crippen LogP contribution in [-0.4, -0.2) is 19.7 Å². The van der Waals surface area contributed by atoms with Crippen LogP contribution in [0.15, 0.2) is 12.1 Å². The first-order valence-electron chi connectivity index (χ1n) is 4.63. The number of hydrogen-bond donors (Lipinski definition) is 2. The molecule has 0 fully saturated rings. The van der Waals surface area contributed by atoms with Crippen LogP contribution in [-0.2, 0) is 16.0 Å². The quantitative estimate of drug-likeness (QED) is 0.615. The number of anilines is 2. The standard InChI is InChI=1S/C10H12F2N2O3/c1-16-9(15)4-6-7(14)2-5(13)3-8(6)17-10(11)12/h2-3,10H,4,13-14H2,1H3. The van der Waals surface area contributed by atoms with Crippen LogP contribution in [0, 0.1) is 0 Å². The van der Waals surface area contributed by atoms with Gasteiger partial charge in [0.05, 0.1) is 13.5 Å². The van der Waals surface area contributed by atoms with Crippen molar-refractivity contribution >= 4 is 17.3 Å². The molecule has 0 heterocycles. The van der Waals surface area contributed by atoms with Crippen molar-refractivity contribution in [1.29, 1.82) is 0 Å². The van der Waals surface area contributed by atoms with E-state index in [1.54, 1.807) is 0 Å². The predicted octanol–water partition coefficient (Wildman–Crippen LogP) is 1.17. The largest absolute Gasteiger partial charge is 0.469 e. The van der Waals surface area contributed by atoms with Gasteiger partial charge in [0.2, 0.25) is 0 Å². The molecule has 1 aromatic carbocycles. The topological polar surface area (TPSA) is 87.6 Å². The van der Waals surface area contributed by atoms with E-state index >= 15 is 0 Å². The third kappa shape index (κ3) is 3.47. The number of carbonyl (C=O) groups excluding carboxylic acids is 1. The van der Waals surface area contributed by atoms with Crippen LogP contribution in [0.25, 0.3) is 0 Å². The van der Waals surface area contributed by atoms with Crippen LogP contribution in [0.5, 0.6) is 5.75 Å². The minimum Gasteiger partial charge on any atom is -0.469 e. The summed E-state index contributed by atoms with van der Waals surface area (Å²) in [7, 11) is 1.18. The highest BCUT2D eigenvalue weighted by atomic mass is 19.3. The zero-order valence-corrected chi connectivity index (χ0v) is 9.07. The first-order valence-corrected chi connectivity index (χ1v) is 4.63. The minimum absolute atomic E-state index is 0.103. The van der Waals surface area contributed by atoms with E-state index in [0.29, 0.717) is 0 Å². The highest BCUT2D eigenvalue weighted by molar-refractivity contribution is 5.77. The zero-order valence-electron chi connectivity index (χ0n) is 9.07. The van der Waals surface area contributed by atoms with Gasteiger partial charge in [0.1, 0.15) is 5.75 Å². The van der Waals surface area contributed by atoms with Crippen molar-refractivity contribution in [1.82, 2.24) is 0 Å². The molecular formula is C10H12F2N2O3. The average molecular weight is 246 g/mol. The molecule has 0 unspecified atom stereocenters. The van der Waals surface area contributed by atoms with Crippen molar-refractivity contribution in [2.75, 3.05) is 18.6 Å². The number of alkyl halides is 2. The second-order valence-electron chi connectivity index (χ2n) is 3.22. The third-order valence-corrected chi connectivity index (χ3v) is 2.03. The Morgan fingerprint density at radius 2 is 2.06 bits per heavy atom. The molecule has 0 saturated carbocycles. The molecular weight excluding hydrogens is 234 g/mol. The van der Waals surface area contributed by atoms with Crippen molar-refractivity contribution in [3.05, 3.63) is 17.7 Å². The summed E-state index contributed by atoms with van der Waals surface area (Å²) in [4.78, 5) is 11.1. The summed E-state index contributed by atoms with van der Waals surface area (Å²) in [6.45, 7) is -3.02. The molecule has 0 aliphatic rings. The summed E-state index contributed by atoms with van der Waals surface area (Å²) in [6.07, 6.45) is -0.259. The molecule has 0 bridgehead atoms. The Kier molecular flexibility index (Phi) is 4.08. The number of hydrogen-bond acceptors (Lipinski definition) is 5. The van der Waals surface area contributed by atoms with E-state index in [2.05, 4.69) is 9.47 Å². The molecule has 0 spiro atoms. The Hall–Kier alpha value is -2.05. The molecule has 1 aromatic rings. The Morgan fingerprint density at radius 1 is 1.41 bits per heavy atom. The number of halogens is 2. The predicted molar refractivity (Wildman–Crippen MR) is 57.6 cm³/mol. The third-order valence-electron chi connectivity index (χ3n) is 2.03. The van der Waals surface area contributed by atoms with Gasteiger partial charge in [0.25, 0.3) is 0 Å². The molecule has 0 aliphatic carbocycles. The number of carbonyl (C=O) groups is 1. The van der Waals surface area contributed by atoms with Crippen LogP contribution >= 0.6 is 0 Å². The lowest BCUT2D eigenvalue weighted by atomic mass is 10.1. The Bertz CT molecular complexity index is 424. The molecule has 0 atom stereocenters. The van der Waals surface area contributed by atoms with Crippen molar-refractivity contribution in [2.24, 2.45) is 0 Å². The van der Waals surface area contributed by atoms with E-state index in [1.165, 1.54) is 19.2 Å². The van der Waals surface area contributed by atoms with Gasteiger partial charge in [-0.05, 0) is 6.07 Å². The Balaban J connectivity index is 3.10. The molecule has 1 rings (SSSR count). The summed E-state index contributed by atoms with van der Waals surface area (Å²) in [6, 6.07) is 2.54. The molecule has 0 amide bonds. The Labute approximate surface area is 96.3 Å². The highest BCUT2D eigenvalue weighted by Crippen LogP contribution is 2.30. The summed E-state index contributed by atoms with van der Waals surface area (Å²) in [5.41, 5.74) is 11.4. The lowest BCUT2D eigenvalue weighted by Crippen LogP contribution is -2.12. The maximum absolute atomic E-state index is 12.2. The van der Waals surface area contributed by atoms with Gasteiger partial charge in [-0.2, -0.15) is 8.78 Å². The lowest BCUT2D eigenvalue weighted by molar-refractivity contribution is -0.139. The molecule has 5 nitrogen and oxygen atoms in total. The number of methoxy groups -OCH3 is 1. The van der Waals surface area contributed by atoms with E-state index in [1.807, 2.05) is 0 Å². The summed E-state index contributed by atoms with van der Waals surface area (Å²) in [5, 5.41) is 0. The van der Waals surface area contributed by atoms with Gasteiger partial charge in [0.15, 0.2) is 0 Å². The van der Waals surface area contributed by atoms with Crippen LogP contribution in [0.4, 0.5) is 20.2 Å². The number of nitrogen functional groups attached to an aromatic ring is 2. The smallest absolute Gasteiger partial charge is 0.387 e. The fourth-order valence-electron chi connectivity index (χ4n) is 1.30. The Morgan fingerprint density at radius 3 is 2.59 bits per heavy atom. The van der Waals surface area contributed by atoms with Crippen molar-refractivity contribution in [3.63, 3.8) is 0 Å². The first-order chi connectivity index (χ1) is 7.93. The molecule has 7 heteroatoms. The minimum atomic E-state index is -3.02. The molecule has 94 valence electrons. The summed E-state index contributed by atoms with van der Waals surface area (Å²) >= 11 is 0. The SMILES string of the molecule is COC(=O)Cc1c(N)cc(N)cc1OC(F)F. The van der Waals surface area contributed by atoms with E-state index in [-0.39, 0.29) is 29.1 Å². The highest BCUT2D eigenvalue weighted by Gasteiger charge is 2.16. The molecule has 4 N–H and O–H groups in total. The number of nitrogens with two attached hydrogens (primary N) is 2.